The molecule has 0 bridgehead atoms. The molecule has 0 aliphatic carbocycles. The fourth-order valence-corrected chi connectivity index (χ4v) is 3.44. The highest BCUT2D eigenvalue weighted by Crippen LogP contribution is 2.41. The summed E-state index contributed by atoms with van der Waals surface area (Å²) >= 11 is 0. The lowest BCUT2D eigenvalue weighted by Crippen LogP contribution is -2.23. The van der Waals surface area contributed by atoms with Crippen LogP contribution < -0.4 is 15.0 Å². The standard InChI is InChI=1S/C21H9F6N3O3/c22-13-4-3-9(6-12(13)21(25,26)27)30-20(31)10-2-1-5-28-17(10)18(29-30)11-7-14-19(33-8-32-14)16(24)15(11)23/h1-7H,8H2. The van der Waals surface area contributed by atoms with Gasteiger partial charge >= 0.3 is 6.18 Å². The van der Waals surface area contributed by atoms with Crippen molar-refractivity contribution in [3.05, 3.63) is 76.0 Å². The fourth-order valence-electron chi connectivity index (χ4n) is 3.44. The van der Waals surface area contributed by atoms with Crippen LogP contribution in [0.4, 0.5) is 26.3 Å². The van der Waals surface area contributed by atoms with Crippen molar-refractivity contribution in [1.82, 2.24) is 14.8 Å². The van der Waals surface area contributed by atoms with Crippen molar-refractivity contribution in [2.45, 2.75) is 6.18 Å². The van der Waals surface area contributed by atoms with E-state index in [1.165, 1.54) is 18.3 Å². The third-order valence-corrected chi connectivity index (χ3v) is 4.96. The molecule has 6 nitrogen and oxygen atoms in total. The minimum Gasteiger partial charge on any atom is -0.453 e. The zero-order chi connectivity index (χ0) is 23.5. The number of hydrogen-bond acceptors (Lipinski definition) is 5. The minimum absolute atomic E-state index is 0.130. The molecule has 3 heterocycles. The molecule has 5 rings (SSSR count). The molecule has 0 saturated carbocycles. The van der Waals surface area contributed by atoms with E-state index in [4.69, 9.17) is 9.47 Å². The topological polar surface area (TPSA) is 66.2 Å². The van der Waals surface area contributed by atoms with Gasteiger partial charge in [0.2, 0.25) is 18.4 Å². The molecule has 0 atom stereocenters. The Morgan fingerprint density at radius 2 is 1.79 bits per heavy atom. The van der Waals surface area contributed by atoms with Gasteiger partial charge in [0.25, 0.3) is 5.56 Å². The number of benzene rings is 2. The molecule has 0 unspecified atom stereocenters. The summed E-state index contributed by atoms with van der Waals surface area (Å²) in [6.45, 7) is -0.350. The first-order chi connectivity index (χ1) is 15.7. The van der Waals surface area contributed by atoms with Crippen LogP contribution in [-0.2, 0) is 6.18 Å². The highest BCUT2D eigenvalue weighted by atomic mass is 19.4. The van der Waals surface area contributed by atoms with Gasteiger partial charge in [-0.15, -0.1) is 0 Å². The molecule has 4 aromatic rings. The molecule has 0 fully saturated rings. The Kier molecular flexibility index (Phi) is 4.55. The third-order valence-electron chi connectivity index (χ3n) is 4.96. The van der Waals surface area contributed by atoms with E-state index < -0.39 is 51.8 Å². The average molecular weight is 465 g/mol. The second kappa shape index (κ2) is 7.22. The summed E-state index contributed by atoms with van der Waals surface area (Å²) in [6, 6.07) is 5.58. The molecule has 12 heteroatoms. The van der Waals surface area contributed by atoms with Gasteiger partial charge in [0, 0.05) is 11.8 Å². The van der Waals surface area contributed by atoms with Gasteiger partial charge in [0.15, 0.2) is 11.6 Å². The predicted octanol–water partition coefficient (Wildman–Crippen LogP) is 4.61. The second-order valence-corrected chi connectivity index (χ2v) is 6.91. The van der Waals surface area contributed by atoms with E-state index in [1.54, 1.807) is 0 Å². The number of fused-ring (bicyclic) bond motifs is 2. The van der Waals surface area contributed by atoms with E-state index in [-0.39, 0.29) is 29.1 Å². The maximum absolute atomic E-state index is 14.9. The predicted molar refractivity (Wildman–Crippen MR) is 102 cm³/mol. The largest absolute Gasteiger partial charge is 0.453 e. The van der Waals surface area contributed by atoms with Crippen molar-refractivity contribution < 1.29 is 35.8 Å². The number of hydrogen-bond donors (Lipinski definition) is 0. The normalized spacial score (nSPS) is 13.0. The summed E-state index contributed by atoms with van der Waals surface area (Å²) in [5, 5.41) is 3.83. The Balaban J connectivity index is 1.83. The zero-order valence-electron chi connectivity index (χ0n) is 16.1. The zero-order valence-corrected chi connectivity index (χ0v) is 16.1. The Hall–Kier alpha value is -4.09. The summed E-state index contributed by atoms with van der Waals surface area (Å²) in [5.74, 6) is -4.89. The molecule has 0 radical (unpaired) electrons. The maximum Gasteiger partial charge on any atom is 0.419 e. The molecule has 2 aromatic carbocycles. The Labute approximate surface area is 179 Å². The SMILES string of the molecule is O=c1c2cccnc2c(-c2cc3c(c(F)c2F)OCO3)nn1-c1ccc(F)c(C(F)(F)F)c1. The molecule has 2 aromatic heterocycles. The summed E-state index contributed by atoms with van der Waals surface area (Å²) in [6.07, 6.45) is -3.77. The molecule has 0 amide bonds. The van der Waals surface area contributed by atoms with Gasteiger partial charge in [-0.05, 0) is 36.4 Å². The number of nitrogens with zero attached hydrogens (tertiary/aromatic N) is 3. The Morgan fingerprint density at radius 1 is 1.00 bits per heavy atom. The lowest BCUT2D eigenvalue weighted by Gasteiger charge is -2.14. The van der Waals surface area contributed by atoms with Crippen molar-refractivity contribution >= 4 is 10.9 Å². The van der Waals surface area contributed by atoms with Crippen LogP contribution in [0.5, 0.6) is 11.5 Å². The summed E-state index contributed by atoms with van der Waals surface area (Å²) in [4.78, 5) is 17.0. The maximum atomic E-state index is 14.9. The van der Waals surface area contributed by atoms with Crippen LogP contribution in [0, 0.1) is 17.5 Å². The lowest BCUT2D eigenvalue weighted by molar-refractivity contribution is -0.140. The Morgan fingerprint density at radius 3 is 2.55 bits per heavy atom. The van der Waals surface area contributed by atoms with Crippen LogP contribution in [0.25, 0.3) is 27.8 Å². The van der Waals surface area contributed by atoms with Crippen molar-refractivity contribution in [2.24, 2.45) is 0 Å². The lowest BCUT2D eigenvalue weighted by atomic mass is 10.1. The van der Waals surface area contributed by atoms with Crippen LogP contribution in [0.15, 0.2) is 47.4 Å². The summed E-state index contributed by atoms with van der Waals surface area (Å²) in [7, 11) is 0. The monoisotopic (exact) mass is 465 g/mol. The van der Waals surface area contributed by atoms with Crippen molar-refractivity contribution in [1.29, 1.82) is 0 Å². The highest BCUT2D eigenvalue weighted by molar-refractivity contribution is 5.91. The van der Waals surface area contributed by atoms with Crippen LogP contribution in [0.1, 0.15) is 5.56 Å². The van der Waals surface area contributed by atoms with Gasteiger partial charge in [-0.1, -0.05) is 0 Å². The molecular weight excluding hydrogens is 456 g/mol. The number of pyridine rings is 1. The second-order valence-electron chi connectivity index (χ2n) is 6.91. The van der Waals surface area contributed by atoms with E-state index >= 15 is 0 Å². The van der Waals surface area contributed by atoms with Crippen LogP contribution >= 0.6 is 0 Å². The first-order valence-corrected chi connectivity index (χ1v) is 9.20. The number of alkyl halides is 3. The van der Waals surface area contributed by atoms with Gasteiger partial charge in [-0.2, -0.15) is 27.3 Å². The molecule has 33 heavy (non-hydrogen) atoms. The first kappa shape index (κ1) is 20.8. The van der Waals surface area contributed by atoms with Gasteiger partial charge in [0.05, 0.1) is 16.6 Å². The quantitative estimate of drug-likeness (QED) is 0.405. The molecule has 1 aliphatic rings. The third kappa shape index (κ3) is 3.25. The van der Waals surface area contributed by atoms with Gasteiger partial charge < -0.3 is 9.47 Å². The Bertz CT molecular complexity index is 1500. The van der Waals surface area contributed by atoms with Crippen molar-refractivity contribution in [3.63, 3.8) is 0 Å². The molecule has 168 valence electrons. The number of aromatic nitrogens is 3. The van der Waals surface area contributed by atoms with Crippen LogP contribution in [0.3, 0.4) is 0 Å². The van der Waals surface area contributed by atoms with Crippen LogP contribution in [0.2, 0.25) is 0 Å². The average Bonchev–Trinajstić information content (AvgIpc) is 3.26. The summed E-state index contributed by atoms with van der Waals surface area (Å²) < 4.78 is 93.3. The van der Waals surface area contributed by atoms with Crippen molar-refractivity contribution in [3.8, 4) is 28.4 Å². The van der Waals surface area contributed by atoms with Gasteiger partial charge in [-0.25, -0.2) is 8.78 Å². The number of ether oxygens (including phenoxy) is 2. The first-order valence-electron chi connectivity index (χ1n) is 9.20. The molecular formula is C21H9F6N3O3. The van der Waals surface area contributed by atoms with E-state index in [0.717, 1.165) is 12.1 Å². The van der Waals surface area contributed by atoms with Crippen molar-refractivity contribution in [2.75, 3.05) is 6.79 Å². The van der Waals surface area contributed by atoms with E-state index in [2.05, 4.69) is 10.1 Å². The van der Waals surface area contributed by atoms with E-state index in [9.17, 15) is 31.1 Å². The molecule has 1 aliphatic heterocycles. The number of halogens is 6. The van der Waals surface area contributed by atoms with Gasteiger partial charge in [0.1, 0.15) is 17.0 Å². The smallest absolute Gasteiger partial charge is 0.419 e. The molecule has 0 N–H and O–H groups in total. The summed E-state index contributed by atoms with van der Waals surface area (Å²) in [5.41, 5.74) is -3.91. The van der Waals surface area contributed by atoms with Gasteiger partial charge in [-0.3, -0.25) is 9.78 Å². The minimum atomic E-state index is -5.04. The molecule has 0 saturated heterocycles. The van der Waals surface area contributed by atoms with E-state index in [0.29, 0.717) is 16.8 Å². The van der Waals surface area contributed by atoms with E-state index in [1.807, 2.05) is 0 Å². The highest BCUT2D eigenvalue weighted by Gasteiger charge is 2.35. The number of rotatable bonds is 2. The molecule has 0 spiro atoms. The van der Waals surface area contributed by atoms with Crippen LogP contribution in [-0.4, -0.2) is 21.6 Å². The fraction of sp³-hybridized carbons (Fsp3) is 0.0952.